The average Bonchev–Trinajstić information content (AvgIpc) is 2.14. The fourth-order valence-electron chi connectivity index (χ4n) is 1.33. The van der Waals surface area contributed by atoms with Crippen LogP contribution in [0, 0.1) is 13.8 Å². The standard InChI is InChI=1S/C12H15NO2/c1-4-15-12(14)8-13-11-6-9(2)5-10(3)7-11/h5-8H,4H2,1-3H3. The van der Waals surface area contributed by atoms with Crippen molar-refractivity contribution in [2.24, 2.45) is 4.99 Å². The van der Waals surface area contributed by atoms with Crippen LogP contribution < -0.4 is 0 Å². The first kappa shape index (κ1) is 11.4. The molecule has 0 saturated carbocycles. The van der Waals surface area contributed by atoms with Crippen molar-refractivity contribution in [2.45, 2.75) is 20.8 Å². The van der Waals surface area contributed by atoms with Gasteiger partial charge in [0.05, 0.1) is 12.3 Å². The van der Waals surface area contributed by atoms with E-state index >= 15 is 0 Å². The number of nitrogens with zero attached hydrogens (tertiary/aromatic N) is 1. The summed E-state index contributed by atoms with van der Waals surface area (Å²) in [7, 11) is 0. The Bertz CT molecular complexity index is 363. The van der Waals surface area contributed by atoms with Crippen molar-refractivity contribution in [3.63, 3.8) is 0 Å². The molecule has 0 heterocycles. The lowest BCUT2D eigenvalue weighted by Gasteiger charge is -1.99. The third kappa shape index (κ3) is 3.94. The summed E-state index contributed by atoms with van der Waals surface area (Å²) in [5, 5.41) is 0. The topological polar surface area (TPSA) is 38.7 Å². The average molecular weight is 205 g/mol. The molecule has 15 heavy (non-hydrogen) atoms. The maximum absolute atomic E-state index is 11.0. The van der Waals surface area contributed by atoms with E-state index in [1.807, 2.05) is 26.0 Å². The van der Waals surface area contributed by atoms with Gasteiger partial charge in [0.1, 0.15) is 6.21 Å². The predicted octanol–water partition coefficient (Wildman–Crippen LogP) is 2.57. The fourth-order valence-corrected chi connectivity index (χ4v) is 1.33. The first-order valence-electron chi connectivity index (χ1n) is 4.91. The molecule has 0 amide bonds. The van der Waals surface area contributed by atoms with E-state index in [0.29, 0.717) is 6.61 Å². The van der Waals surface area contributed by atoms with Crippen LogP contribution in [0.2, 0.25) is 0 Å². The van der Waals surface area contributed by atoms with Gasteiger partial charge in [0.25, 0.3) is 0 Å². The van der Waals surface area contributed by atoms with E-state index in [0.717, 1.165) is 16.8 Å². The van der Waals surface area contributed by atoms with Gasteiger partial charge in [0.15, 0.2) is 0 Å². The highest BCUT2D eigenvalue weighted by atomic mass is 16.5. The number of aliphatic imine (C=N–C) groups is 1. The molecule has 0 fully saturated rings. The number of esters is 1. The Kier molecular flexibility index (Phi) is 4.03. The molecule has 0 aliphatic heterocycles. The van der Waals surface area contributed by atoms with E-state index in [4.69, 9.17) is 4.74 Å². The van der Waals surface area contributed by atoms with Crippen LogP contribution in [0.5, 0.6) is 0 Å². The van der Waals surface area contributed by atoms with Gasteiger partial charge in [-0.3, -0.25) is 0 Å². The third-order valence-electron chi connectivity index (χ3n) is 1.81. The molecular weight excluding hydrogens is 190 g/mol. The number of carbonyl (C=O) groups is 1. The molecular formula is C12H15NO2. The van der Waals surface area contributed by atoms with Crippen LogP contribution >= 0.6 is 0 Å². The Balaban J connectivity index is 2.76. The third-order valence-corrected chi connectivity index (χ3v) is 1.81. The second kappa shape index (κ2) is 5.29. The Hall–Kier alpha value is -1.64. The summed E-state index contributed by atoms with van der Waals surface area (Å²) in [5.74, 6) is -0.406. The molecule has 0 unspecified atom stereocenters. The number of carbonyl (C=O) groups excluding carboxylic acids is 1. The number of aryl methyl sites for hydroxylation is 2. The molecule has 1 aromatic carbocycles. The van der Waals surface area contributed by atoms with Crippen molar-refractivity contribution in [1.29, 1.82) is 0 Å². The number of hydrogen-bond acceptors (Lipinski definition) is 3. The van der Waals surface area contributed by atoms with Crippen molar-refractivity contribution < 1.29 is 9.53 Å². The molecule has 0 aliphatic rings. The Morgan fingerprint density at radius 1 is 1.33 bits per heavy atom. The monoisotopic (exact) mass is 205 g/mol. The van der Waals surface area contributed by atoms with Gasteiger partial charge in [-0.15, -0.1) is 0 Å². The van der Waals surface area contributed by atoms with Crippen LogP contribution in [0.25, 0.3) is 0 Å². The molecule has 0 saturated heterocycles. The minimum atomic E-state index is -0.406. The molecule has 3 heteroatoms. The van der Waals surface area contributed by atoms with Crippen LogP contribution in [0.4, 0.5) is 5.69 Å². The summed E-state index contributed by atoms with van der Waals surface area (Å²) in [6.45, 7) is 6.13. The first-order valence-corrected chi connectivity index (χ1v) is 4.91. The van der Waals surface area contributed by atoms with E-state index in [-0.39, 0.29) is 0 Å². The van der Waals surface area contributed by atoms with Gasteiger partial charge in [-0.05, 0) is 44.0 Å². The fraction of sp³-hybridized carbons (Fsp3) is 0.333. The zero-order valence-corrected chi connectivity index (χ0v) is 9.28. The summed E-state index contributed by atoms with van der Waals surface area (Å²) >= 11 is 0. The van der Waals surface area contributed by atoms with Crippen LogP contribution in [-0.4, -0.2) is 18.8 Å². The van der Waals surface area contributed by atoms with E-state index in [1.54, 1.807) is 6.92 Å². The van der Waals surface area contributed by atoms with Crippen LogP contribution in [0.3, 0.4) is 0 Å². The molecule has 1 aromatic rings. The van der Waals surface area contributed by atoms with Crippen molar-refractivity contribution in [3.05, 3.63) is 29.3 Å². The predicted molar refractivity (Wildman–Crippen MR) is 60.7 cm³/mol. The van der Waals surface area contributed by atoms with Crippen molar-refractivity contribution >= 4 is 17.9 Å². The van der Waals surface area contributed by atoms with E-state index in [1.165, 1.54) is 6.21 Å². The van der Waals surface area contributed by atoms with Gasteiger partial charge in [0.2, 0.25) is 0 Å². The molecule has 0 aliphatic carbocycles. The summed E-state index contributed by atoms with van der Waals surface area (Å²) in [4.78, 5) is 15.1. The van der Waals surface area contributed by atoms with Crippen LogP contribution in [-0.2, 0) is 9.53 Å². The zero-order valence-electron chi connectivity index (χ0n) is 9.28. The van der Waals surface area contributed by atoms with Gasteiger partial charge < -0.3 is 4.74 Å². The highest BCUT2D eigenvalue weighted by molar-refractivity contribution is 6.23. The number of hydrogen-bond donors (Lipinski definition) is 0. The van der Waals surface area contributed by atoms with E-state index in [2.05, 4.69) is 11.1 Å². The highest BCUT2D eigenvalue weighted by Crippen LogP contribution is 2.16. The number of benzene rings is 1. The Labute approximate surface area is 89.8 Å². The molecule has 0 radical (unpaired) electrons. The molecule has 0 atom stereocenters. The van der Waals surface area contributed by atoms with E-state index in [9.17, 15) is 4.79 Å². The number of rotatable bonds is 3. The maximum atomic E-state index is 11.0. The molecule has 0 N–H and O–H groups in total. The molecule has 0 aromatic heterocycles. The minimum absolute atomic E-state index is 0.373. The normalized spacial score (nSPS) is 10.6. The summed E-state index contributed by atoms with van der Waals surface area (Å²) < 4.78 is 4.74. The first-order chi connectivity index (χ1) is 7.11. The lowest BCUT2D eigenvalue weighted by Crippen LogP contribution is -2.04. The number of ether oxygens (including phenoxy) is 1. The van der Waals surface area contributed by atoms with E-state index < -0.39 is 5.97 Å². The lowest BCUT2D eigenvalue weighted by molar-refractivity contribution is -0.134. The van der Waals surface area contributed by atoms with Gasteiger partial charge in [-0.25, -0.2) is 9.79 Å². The van der Waals surface area contributed by atoms with Crippen molar-refractivity contribution in [2.75, 3.05) is 6.61 Å². The quantitative estimate of drug-likeness (QED) is 0.562. The second-order valence-electron chi connectivity index (χ2n) is 3.36. The zero-order chi connectivity index (χ0) is 11.3. The molecule has 80 valence electrons. The lowest BCUT2D eigenvalue weighted by atomic mass is 10.1. The van der Waals surface area contributed by atoms with Gasteiger partial charge >= 0.3 is 5.97 Å². The van der Waals surface area contributed by atoms with Crippen molar-refractivity contribution in [3.8, 4) is 0 Å². The highest BCUT2D eigenvalue weighted by Gasteiger charge is 1.96. The molecule has 1 rings (SSSR count). The van der Waals surface area contributed by atoms with Crippen LogP contribution in [0.15, 0.2) is 23.2 Å². The molecule has 0 spiro atoms. The largest absolute Gasteiger partial charge is 0.462 e. The maximum Gasteiger partial charge on any atom is 0.349 e. The summed E-state index contributed by atoms with van der Waals surface area (Å²) in [6, 6.07) is 5.90. The smallest absolute Gasteiger partial charge is 0.349 e. The Morgan fingerprint density at radius 3 is 2.47 bits per heavy atom. The molecule has 0 bridgehead atoms. The van der Waals surface area contributed by atoms with Gasteiger partial charge in [-0.1, -0.05) is 6.07 Å². The second-order valence-corrected chi connectivity index (χ2v) is 3.36. The van der Waals surface area contributed by atoms with Crippen molar-refractivity contribution in [1.82, 2.24) is 0 Å². The summed E-state index contributed by atoms with van der Waals surface area (Å²) in [6.07, 6.45) is 1.21. The SMILES string of the molecule is CCOC(=O)C=Nc1cc(C)cc(C)c1. The Morgan fingerprint density at radius 2 is 1.93 bits per heavy atom. The molecule has 3 nitrogen and oxygen atoms in total. The van der Waals surface area contributed by atoms with Crippen LogP contribution in [0.1, 0.15) is 18.1 Å². The summed E-state index contributed by atoms with van der Waals surface area (Å²) in [5.41, 5.74) is 3.04. The van der Waals surface area contributed by atoms with Gasteiger partial charge in [-0.2, -0.15) is 0 Å². The minimum Gasteiger partial charge on any atom is -0.462 e. The van der Waals surface area contributed by atoms with Gasteiger partial charge in [0, 0.05) is 0 Å².